The summed E-state index contributed by atoms with van der Waals surface area (Å²) in [4.78, 5) is 10.8. The van der Waals surface area contributed by atoms with E-state index in [1.54, 1.807) is 7.11 Å². The molecule has 3 nitrogen and oxygen atoms in total. The quantitative estimate of drug-likeness (QED) is 0.841. The fourth-order valence-corrected chi connectivity index (χ4v) is 1.94. The predicted octanol–water partition coefficient (Wildman–Crippen LogP) is 2.57. The van der Waals surface area contributed by atoms with Crippen LogP contribution in [0.1, 0.15) is 31.9 Å². The lowest BCUT2D eigenvalue weighted by molar-refractivity contribution is -0.118. The normalized spacial score (nSPS) is 10.5. The van der Waals surface area contributed by atoms with Gasteiger partial charge in [-0.3, -0.25) is 4.79 Å². The van der Waals surface area contributed by atoms with Gasteiger partial charge in [-0.2, -0.15) is 0 Å². The summed E-state index contributed by atoms with van der Waals surface area (Å²) in [6.45, 7) is 6.60. The van der Waals surface area contributed by atoms with E-state index < -0.39 is 0 Å². The van der Waals surface area contributed by atoms with Gasteiger partial charge in [-0.15, -0.1) is 0 Å². The first-order valence-corrected chi connectivity index (χ1v) is 6.43. The molecule has 1 N–H and O–H groups in total. The summed E-state index contributed by atoms with van der Waals surface area (Å²) in [7, 11) is 1.71. The van der Waals surface area contributed by atoms with Crippen LogP contribution in [0.2, 0.25) is 0 Å². The van der Waals surface area contributed by atoms with Crippen LogP contribution < -0.4 is 10.1 Å². The fourth-order valence-electron chi connectivity index (χ4n) is 1.94. The maximum Gasteiger partial charge on any atom is 0.216 e. The number of ether oxygens (including phenoxy) is 1. The zero-order valence-corrected chi connectivity index (χ0v) is 11.7. The van der Waals surface area contributed by atoms with Gasteiger partial charge in [0.1, 0.15) is 5.75 Å². The van der Waals surface area contributed by atoms with Crippen molar-refractivity contribution in [1.82, 2.24) is 5.32 Å². The van der Waals surface area contributed by atoms with Crippen molar-refractivity contribution >= 4 is 5.91 Å². The summed E-state index contributed by atoms with van der Waals surface area (Å²) in [5.74, 6) is 1.58. The molecule has 100 valence electrons. The molecule has 0 fully saturated rings. The van der Waals surface area contributed by atoms with Gasteiger partial charge in [-0.05, 0) is 36.0 Å². The minimum Gasteiger partial charge on any atom is -0.496 e. The van der Waals surface area contributed by atoms with Crippen molar-refractivity contribution in [2.75, 3.05) is 13.7 Å². The van der Waals surface area contributed by atoms with E-state index in [9.17, 15) is 4.79 Å². The van der Waals surface area contributed by atoms with Gasteiger partial charge in [0.15, 0.2) is 0 Å². The van der Waals surface area contributed by atoms with Crippen molar-refractivity contribution in [1.29, 1.82) is 0 Å². The number of nitrogens with one attached hydrogen (secondary N) is 1. The standard InChI is InChI=1S/C15H23NO2/c1-11(2)9-14-6-5-13(10-15(14)18-4)7-8-16-12(3)17/h5-6,10-11H,7-9H2,1-4H3,(H,16,17). The SMILES string of the molecule is COc1cc(CCNC(C)=O)ccc1CC(C)C. The van der Waals surface area contributed by atoms with Crippen molar-refractivity contribution < 1.29 is 9.53 Å². The Balaban J connectivity index is 2.69. The average Bonchev–Trinajstić information content (AvgIpc) is 2.29. The number of carbonyl (C=O) groups excluding carboxylic acids is 1. The van der Waals surface area contributed by atoms with Gasteiger partial charge < -0.3 is 10.1 Å². The van der Waals surface area contributed by atoms with E-state index in [-0.39, 0.29) is 5.91 Å². The van der Waals surface area contributed by atoms with Gasteiger partial charge in [0, 0.05) is 13.5 Å². The number of carbonyl (C=O) groups is 1. The molecular formula is C15H23NO2. The molecule has 0 aromatic heterocycles. The van der Waals surface area contributed by atoms with Crippen molar-refractivity contribution in [3.05, 3.63) is 29.3 Å². The zero-order valence-electron chi connectivity index (χ0n) is 11.7. The van der Waals surface area contributed by atoms with Gasteiger partial charge in [0.05, 0.1) is 7.11 Å². The van der Waals surface area contributed by atoms with Gasteiger partial charge in [-0.1, -0.05) is 26.0 Å². The van der Waals surface area contributed by atoms with Crippen LogP contribution in [0.25, 0.3) is 0 Å². The molecule has 3 heteroatoms. The van der Waals surface area contributed by atoms with E-state index in [0.717, 1.165) is 18.6 Å². The summed E-state index contributed by atoms with van der Waals surface area (Å²) in [6, 6.07) is 6.31. The Morgan fingerprint density at radius 1 is 1.39 bits per heavy atom. The molecule has 0 aliphatic heterocycles. The predicted molar refractivity (Wildman–Crippen MR) is 73.9 cm³/mol. The molecule has 0 bridgehead atoms. The molecule has 0 saturated carbocycles. The maximum absolute atomic E-state index is 10.8. The van der Waals surface area contributed by atoms with Gasteiger partial charge in [0.25, 0.3) is 0 Å². The molecular weight excluding hydrogens is 226 g/mol. The summed E-state index contributed by atoms with van der Waals surface area (Å²) >= 11 is 0. The number of hydrogen-bond acceptors (Lipinski definition) is 2. The second-order valence-electron chi connectivity index (χ2n) is 4.98. The molecule has 0 radical (unpaired) electrons. The molecule has 0 atom stereocenters. The number of rotatable bonds is 6. The van der Waals surface area contributed by atoms with Crippen LogP contribution in [0.15, 0.2) is 18.2 Å². The summed E-state index contributed by atoms with van der Waals surface area (Å²) in [6.07, 6.45) is 1.85. The van der Waals surface area contributed by atoms with Crippen LogP contribution in [0, 0.1) is 5.92 Å². The first-order chi connectivity index (χ1) is 8.52. The molecule has 1 aromatic carbocycles. The number of hydrogen-bond donors (Lipinski definition) is 1. The Morgan fingerprint density at radius 2 is 2.11 bits per heavy atom. The Hall–Kier alpha value is -1.51. The Bertz CT molecular complexity index is 399. The zero-order chi connectivity index (χ0) is 13.5. The molecule has 1 aromatic rings. The monoisotopic (exact) mass is 249 g/mol. The van der Waals surface area contributed by atoms with Crippen molar-refractivity contribution in [2.45, 2.75) is 33.6 Å². The van der Waals surface area contributed by atoms with E-state index >= 15 is 0 Å². The first-order valence-electron chi connectivity index (χ1n) is 6.43. The van der Waals surface area contributed by atoms with Gasteiger partial charge in [-0.25, -0.2) is 0 Å². The number of amides is 1. The lowest BCUT2D eigenvalue weighted by Gasteiger charge is -2.12. The Morgan fingerprint density at radius 3 is 2.67 bits per heavy atom. The first kappa shape index (κ1) is 14.6. The largest absolute Gasteiger partial charge is 0.496 e. The topological polar surface area (TPSA) is 38.3 Å². The van der Waals surface area contributed by atoms with Crippen molar-refractivity contribution in [3.8, 4) is 5.75 Å². The summed E-state index contributed by atoms with van der Waals surface area (Å²) in [5.41, 5.74) is 2.43. The maximum atomic E-state index is 10.8. The third-order valence-electron chi connectivity index (χ3n) is 2.77. The highest BCUT2D eigenvalue weighted by molar-refractivity contribution is 5.72. The lowest BCUT2D eigenvalue weighted by Crippen LogP contribution is -2.22. The third-order valence-corrected chi connectivity index (χ3v) is 2.77. The Kier molecular flexibility index (Phi) is 5.69. The van der Waals surface area contributed by atoms with E-state index in [4.69, 9.17) is 4.74 Å². The van der Waals surface area contributed by atoms with Crippen LogP contribution in [0.3, 0.4) is 0 Å². The molecule has 18 heavy (non-hydrogen) atoms. The molecule has 1 rings (SSSR count). The summed E-state index contributed by atoms with van der Waals surface area (Å²) < 4.78 is 5.43. The minimum atomic E-state index is 0.0124. The van der Waals surface area contributed by atoms with E-state index in [2.05, 4.69) is 37.4 Å². The molecule has 0 aliphatic rings. The number of benzene rings is 1. The molecule has 0 aliphatic carbocycles. The fraction of sp³-hybridized carbons (Fsp3) is 0.533. The second-order valence-corrected chi connectivity index (χ2v) is 4.98. The smallest absolute Gasteiger partial charge is 0.216 e. The molecule has 0 unspecified atom stereocenters. The van der Waals surface area contributed by atoms with Crippen LogP contribution in [0.4, 0.5) is 0 Å². The van der Waals surface area contributed by atoms with Gasteiger partial charge in [0.2, 0.25) is 5.91 Å². The van der Waals surface area contributed by atoms with Crippen molar-refractivity contribution in [2.24, 2.45) is 5.92 Å². The van der Waals surface area contributed by atoms with Gasteiger partial charge >= 0.3 is 0 Å². The average molecular weight is 249 g/mol. The molecule has 1 amide bonds. The summed E-state index contributed by atoms with van der Waals surface area (Å²) in [5, 5.41) is 2.80. The van der Waals surface area contributed by atoms with Crippen LogP contribution in [0.5, 0.6) is 5.75 Å². The highest BCUT2D eigenvalue weighted by Gasteiger charge is 2.06. The van der Waals surface area contributed by atoms with Crippen LogP contribution in [-0.2, 0) is 17.6 Å². The van der Waals surface area contributed by atoms with E-state index in [0.29, 0.717) is 12.5 Å². The highest BCUT2D eigenvalue weighted by Crippen LogP contribution is 2.23. The van der Waals surface area contributed by atoms with Crippen molar-refractivity contribution in [3.63, 3.8) is 0 Å². The molecule has 0 spiro atoms. The van der Waals surface area contributed by atoms with E-state index in [1.807, 2.05) is 0 Å². The van der Waals surface area contributed by atoms with Crippen LogP contribution in [-0.4, -0.2) is 19.6 Å². The highest BCUT2D eigenvalue weighted by atomic mass is 16.5. The van der Waals surface area contributed by atoms with E-state index in [1.165, 1.54) is 18.1 Å². The minimum absolute atomic E-state index is 0.0124. The lowest BCUT2D eigenvalue weighted by atomic mass is 9.99. The second kappa shape index (κ2) is 7.04. The number of methoxy groups -OCH3 is 1. The third kappa shape index (κ3) is 4.78. The Labute approximate surface area is 110 Å². The van der Waals surface area contributed by atoms with Crippen LogP contribution >= 0.6 is 0 Å². The molecule has 0 heterocycles. The molecule has 0 saturated heterocycles.